The molecule has 6 nitrogen and oxygen atoms in total. The van der Waals surface area contributed by atoms with E-state index < -0.39 is 11.5 Å². The van der Waals surface area contributed by atoms with Crippen molar-refractivity contribution in [2.45, 2.75) is 24.8 Å². The average Bonchev–Trinajstić information content (AvgIpc) is 3.38. The predicted octanol–water partition coefficient (Wildman–Crippen LogP) is 3.34. The van der Waals surface area contributed by atoms with Gasteiger partial charge in [0, 0.05) is 25.0 Å². The molecule has 0 radical (unpaired) electrons. The molecule has 5 rings (SSSR count). The van der Waals surface area contributed by atoms with E-state index >= 15 is 0 Å². The summed E-state index contributed by atoms with van der Waals surface area (Å²) >= 11 is 0. The zero-order valence-corrected chi connectivity index (χ0v) is 16.7. The molecule has 2 aliphatic heterocycles. The Morgan fingerprint density at radius 3 is 2.63 bits per heavy atom. The van der Waals surface area contributed by atoms with Gasteiger partial charge in [-0.25, -0.2) is 4.39 Å². The second kappa shape index (κ2) is 6.52. The fraction of sp³-hybridized carbons (Fsp3) is 0.261. The van der Waals surface area contributed by atoms with Crippen molar-refractivity contribution < 1.29 is 14.0 Å². The third kappa shape index (κ3) is 2.51. The van der Waals surface area contributed by atoms with Gasteiger partial charge in [0.15, 0.2) is 5.69 Å². The first-order chi connectivity index (χ1) is 14.4. The maximum Gasteiger partial charge on any atom is 0.274 e. The quantitative estimate of drug-likeness (QED) is 0.712. The van der Waals surface area contributed by atoms with Crippen molar-refractivity contribution in [2.75, 3.05) is 11.9 Å². The number of nitrogens with zero attached hydrogens (tertiary/aromatic N) is 3. The van der Waals surface area contributed by atoms with E-state index in [1.54, 1.807) is 34.8 Å². The molecule has 2 aliphatic rings. The number of nitrogens with one attached hydrogen (secondary N) is 1. The minimum absolute atomic E-state index is 0.134. The molecule has 0 aliphatic carbocycles. The maximum atomic E-state index is 13.7. The van der Waals surface area contributed by atoms with Crippen molar-refractivity contribution in [2.24, 2.45) is 7.05 Å². The predicted molar refractivity (Wildman–Crippen MR) is 109 cm³/mol. The number of aromatic nitrogens is 2. The van der Waals surface area contributed by atoms with Crippen LogP contribution in [-0.2, 0) is 17.3 Å². The summed E-state index contributed by atoms with van der Waals surface area (Å²) in [5, 5.41) is 7.32. The van der Waals surface area contributed by atoms with Crippen molar-refractivity contribution in [3.05, 3.63) is 82.9 Å². The van der Waals surface area contributed by atoms with Crippen LogP contribution in [0.15, 0.2) is 54.6 Å². The van der Waals surface area contributed by atoms with Gasteiger partial charge in [0.05, 0.1) is 6.04 Å². The molecule has 1 aromatic heterocycles. The van der Waals surface area contributed by atoms with Crippen LogP contribution >= 0.6 is 0 Å². The third-order valence-corrected chi connectivity index (χ3v) is 6.37. The largest absolute Gasteiger partial charge is 0.329 e. The van der Waals surface area contributed by atoms with E-state index in [0.29, 0.717) is 18.7 Å². The summed E-state index contributed by atoms with van der Waals surface area (Å²) in [6.07, 6.45) is 0.482. The number of carbonyl (C=O) groups excluding carboxylic acids is 2. The SMILES string of the molecule is Cc1cc(C(=O)N2CC[C@]3(C(=O)Nc4ccccc43)[C@@H]2c2ccc(F)cc2)nn1C. The first kappa shape index (κ1) is 18.5. The molecular formula is C23H21FN4O2. The van der Waals surface area contributed by atoms with Crippen molar-refractivity contribution in [1.82, 2.24) is 14.7 Å². The molecule has 0 saturated carbocycles. The lowest BCUT2D eigenvalue weighted by atomic mass is 9.72. The van der Waals surface area contributed by atoms with Crippen LogP contribution in [0.1, 0.15) is 39.8 Å². The zero-order chi connectivity index (χ0) is 21.0. The van der Waals surface area contributed by atoms with Crippen LogP contribution in [0.2, 0.25) is 0 Å². The lowest BCUT2D eigenvalue weighted by molar-refractivity contribution is -0.121. The Kier molecular flexibility index (Phi) is 4.03. The monoisotopic (exact) mass is 404 g/mol. The normalized spacial score (nSPS) is 22.4. The van der Waals surface area contributed by atoms with E-state index in [-0.39, 0.29) is 17.6 Å². The van der Waals surface area contributed by atoms with Crippen LogP contribution in [0, 0.1) is 12.7 Å². The van der Waals surface area contributed by atoms with Crippen molar-refractivity contribution in [3.63, 3.8) is 0 Å². The molecular weight excluding hydrogens is 383 g/mol. The van der Waals surface area contributed by atoms with E-state index in [9.17, 15) is 14.0 Å². The number of aryl methyl sites for hydroxylation is 2. The number of likely N-dealkylation sites (tertiary alicyclic amines) is 1. The van der Waals surface area contributed by atoms with Gasteiger partial charge in [-0.05, 0) is 48.7 Å². The Bertz CT molecular complexity index is 1150. The number of para-hydroxylation sites is 1. The molecule has 3 aromatic rings. The Labute approximate surface area is 173 Å². The maximum absolute atomic E-state index is 13.7. The van der Waals surface area contributed by atoms with Gasteiger partial charge < -0.3 is 10.2 Å². The zero-order valence-electron chi connectivity index (χ0n) is 16.7. The highest BCUT2D eigenvalue weighted by molar-refractivity contribution is 6.08. The smallest absolute Gasteiger partial charge is 0.274 e. The molecule has 1 spiro atoms. The second-order valence-electron chi connectivity index (χ2n) is 7.97. The van der Waals surface area contributed by atoms with E-state index in [0.717, 1.165) is 22.5 Å². The summed E-state index contributed by atoms with van der Waals surface area (Å²) in [5.41, 5.74) is 2.64. The highest BCUT2D eigenvalue weighted by Gasteiger charge is 2.59. The summed E-state index contributed by atoms with van der Waals surface area (Å²) in [5.74, 6) is -0.729. The molecule has 1 N–H and O–H groups in total. The van der Waals surface area contributed by atoms with Crippen LogP contribution in [0.25, 0.3) is 0 Å². The molecule has 152 valence electrons. The topological polar surface area (TPSA) is 67.2 Å². The van der Waals surface area contributed by atoms with E-state index in [1.165, 1.54) is 12.1 Å². The Hall–Kier alpha value is -3.48. The van der Waals surface area contributed by atoms with Gasteiger partial charge in [0.2, 0.25) is 5.91 Å². The van der Waals surface area contributed by atoms with Gasteiger partial charge in [0.1, 0.15) is 11.2 Å². The Balaban J connectivity index is 1.67. The number of anilines is 1. The molecule has 30 heavy (non-hydrogen) atoms. The Morgan fingerprint density at radius 2 is 1.93 bits per heavy atom. The standard InChI is InChI=1S/C23H21FN4O2/c1-14-13-19(26-27(14)2)21(29)28-12-11-23(20(28)15-7-9-16(24)10-8-15)17-5-3-4-6-18(17)25-22(23)30/h3-10,13,20H,11-12H2,1-2H3,(H,25,30)/t20-,23+/m0/s1. The first-order valence-corrected chi connectivity index (χ1v) is 9.90. The second-order valence-corrected chi connectivity index (χ2v) is 7.97. The summed E-state index contributed by atoms with van der Waals surface area (Å²) in [6, 6.07) is 14.8. The minimum Gasteiger partial charge on any atom is -0.329 e. The molecule has 0 bridgehead atoms. The molecule has 7 heteroatoms. The van der Waals surface area contributed by atoms with Crippen LogP contribution in [0.4, 0.5) is 10.1 Å². The van der Waals surface area contributed by atoms with Crippen LogP contribution in [0.5, 0.6) is 0 Å². The highest BCUT2D eigenvalue weighted by Crippen LogP contribution is 2.54. The van der Waals surface area contributed by atoms with Crippen molar-refractivity contribution >= 4 is 17.5 Å². The molecule has 2 atom stereocenters. The fourth-order valence-corrected chi connectivity index (χ4v) is 4.83. The van der Waals surface area contributed by atoms with Gasteiger partial charge in [-0.1, -0.05) is 30.3 Å². The van der Waals surface area contributed by atoms with Crippen molar-refractivity contribution in [3.8, 4) is 0 Å². The Morgan fingerprint density at radius 1 is 1.20 bits per heavy atom. The van der Waals surface area contributed by atoms with Gasteiger partial charge in [-0.3, -0.25) is 14.3 Å². The van der Waals surface area contributed by atoms with Gasteiger partial charge in [0.25, 0.3) is 5.91 Å². The van der Waals surface area contributed by atoms with E-state index in [2.05, 4.69) is 10.4 Å². The summed E-state index contributed by atoms with van der Waals surface area (Å²) in [7, 11) is 1.79. The van der Waals surface area contributed by atoms with Crippen LogP contribution in [-0.4, -0.2) is 33.0 Å². The molecule has 1 fully saturated rings. The number of benzene rings is 2. The lowest BCUT2D eigenvalue weighted by Gasteiger charge is -2.34. The van der Waals surface area contributed by atoms with Gasteiger partial charge >= 0.3 is 0 Å². The molecule has 2 amide bonds. The molecule has 0 unspecified atom stereocenters. The number of halogens is 1. The average molecular weight is 404 g/mol. The third-order valence-electron chi connectivity index (χ3n) is 6.37. The summed E-state index contributed by atoms with van der Waals surface area (Å²) in [4.78, 5) is 28.5. The van der Waals surface area contributed by atoms with Crippen molar-refractivity contribution in [1.29, 1.82) is 0 Å². The van der Waals surface area contributed by atoms with E-state index in [1.807, 2.05) is 31.2 Å². The minimum atomic E-state index is -0.923. The van der Waals surface area contributed by atoms with Crippen LogP contribution < -0.4 is 5.32 Å². The number of fused-ring (bicyclic) bond motifs is 2. The lowest BCUT2D eigenvalue weighted by Crippen LogP contribution is -2.42. The molecule has 1 saturated heterocycles. The van der Waals surface area contributed by atoms with Gasteiger partial charge in [-0.15, -0.1) is 0 Å². The number of hydrogen-bond acceptors (Lipinski definition) is 3. The van der Waals surface area contributed by atoms with Gasteiger partial charge in [-0.2, -0.15) is 5.10 Å². The summed E-state index contributed by atoms with van der Waals surface area (Å²) in [6.45, 7) is 2.28. The number of hydrogen-bond donors (Lipinski definition) is 1. The van der Waals surface area contributed by atoms with Crippen LogP contribution in [0.3, 0.4) is 0 Å². The highest BCUT2D eigenvalue weighted by atomic mass is 19.1. The molecule has 3 heterocycles. The van der Waals surface area contributed by atoms with E-state index in [4.69, 9.17) is 0 Å². The fourth-order valence-electron chi connectivity index (χ4n) is 4.83. The first-order valence-electron chi connectivity index (χ1n) is 9.90. The summed E-state index contributed by atoms with van der Waals surface area (Å²) < 4.78 is 15.3. The molecule has 2 aromatic carbocycles. The number of amides is 2. The number of carbonyl (C=O) groups is 2. The number of rotatable bonds is 2.